The van der Waals surface area contributed by atoms with Gasteiger partial charge in [-0.25, -0.2) is 0 Å². The number of ether oxygens (including phenoxy) is 1. The van der Waals surface area contributed by atoms with Gasteiger partial charge in [-0.2, -0.15) is 0 Å². The van der Waals surface area contributed by atoms with Crippen molar-refractivity contribution in [2.75, 3.05) is 32.8 Å². The minimum Gasteiger partial charge on any atom is -0.370 e. The van der Waals surface area contributed by atoms with Crippen LogP contribution in [0.3, 0.4) is 0 Å². The van der Waals surface area contributed by atoms with E-state index in [0.717, 1.165) is 38.4 Å². The zero-order valence-electron chi connectivity index (χ0n) is 14.6. The van der Waals surface area contributed by atoms with Gasteiger partial charge < -0.3 is 15.0 Å². The van der Waals surface area contributed by atoms with E-state index in [9.17, 15) is 4.79 Å². The first-order chi connectivity index (χ1) is 12.1. The number of carbonyl (C=O) groups is 1. The summed E-state index contributed by atoms with van der Waals surface area (Å²) in [5.41, 5.74) is 0.988. The highest BCUT2D eigenvalue weighted by Crippen LogP contribution is 2.26. The number of rotatable bonds is 5. The Kier molecular flexibility index (Phi) is 6.61. The van der Waals surface area contributed by atoms with E-state index in [-0.39, 0.29) is 11.4 Å². The van der Waals surface area contributed by atoms with Crippen molar-refractivity contribution in [3.63, 3.8) is 0 Å². The molecule has 1 aromatic rings. The molecular weight excluding hydrogens is 359 g/mol. The van der Waals surface area contributed by atoms with Gasteiger partial charge in [-0.3, -0.25) is 4.79 Å². The summed E-state index contributed by atoms with van der Waals surface area (Å²) in [6, 6.07) is 5.29. The molecule has 1 amide bonds. The van der Waals surface area contributed by atoms with Gasteiger partial charge in [0, 0.05) is 22.9 Å². The lowest BCUT2D eigenvalue weighted by Crippen LogP contribution is -3.23. The van der Waals surface area contributed by atoms with Crippen LogP contribution in [0, 0.1) is 0 Å². The van der Waals surface area contributed by atoms with Crippen molar-refractivity contribution in [1.29, 1.82) is 0 Å². The lowest BCUT2D eigenvalue weighted by molar-refractivity contribution is -0.960. The maximum Gasteiger partial charge on any atom is 0.224 e. The molecule has 1 saturated heterocycles. The summed E-state index contributed by atoms with van der Waals surface area (Å²) in [5, 5.41) is 4.33. The minimum atomic E-state index is 0.0295. The van der Waals surface area contributed by atoms with E-state index in [0.29, 0.717) is 16.5 Å². The Morgan fingerprint density at radius 1 is 1.16 bits per heavy atom. The standard InChI is InChI=1S/C19H26Cl2N2O2/c20-16-5-4-15(17(21)13-16)12-18(24)22-14-19(6-2-1-3-7-19)23-8-10-25-11-9-23/h4-5,13H,1-3,6-12,14H2,(H,22,24)/p+1. The third kappa shape index (κ3) is 4.88. The molecule has 1 heterocycles. The van der Waals surface area contributed by atoms with Gasteiger partial charge in [0.15, 0.2) is 0 Å². The van der Waals surface area contributed by atoms with Crippen LogP contribution in [0.15, 0.2) is 18.2 Å². The average molecular weight is 386 g/mol. The quantitative estimate of drug-likeness (QED) is 0.816. The van der Waals surface area contributed by atoms with Crippen LogP contribution in [-0.4, -0.2) is 44.3 Å². The van der Waals surface area contributed by atoms with Gasteiger partial charge in [0.05, 0.1) is 26.2 Å². The number of benzene rings is 1. The van der Waals surface area contributed by atoms with E-state index in [2.05, 4.69) is 5.32 Å². The van der Waals surface area contributed by atoms with Crippen molar-refractivity contribution in [2.45, 2.75) is 44.1 Å². The summed E-state index contributed by atoms with van der Waals surface area (Å²) < 4.78 is 5.53. The van der Waals surface area contributed by atoms with Gasteiger partial charge >= 0.3 is 0 Å². The SMILES string of the molecule is O=C(Cc1ccc(Cl)cc1Cl)NCC1([NH+]2CCOCC2)CCCCC1. The molecule has 138 valence electrons. The number of hydrogen-bond donors (Lipinski definition) is 2. The highest BCUT2D eigenvalue weighted by atomic mass is 35.5. The Morgan fingerprint density at radius 2 is 1.88 bits per heavy atom. The molecule has 1 aromatic carbocycles. The van der Waals surface area contributed by atoms with Crippen molar-refractivity contribution in [1.82, 2.24) is 5.32 Å². The van der Waals surface area contributed by atoms with Crippen molar-refractivity contribution < 1.29 is 14.4 Å². The second kappa shape index (κ2) is 8.72. The summed E-state index contributed by atoms with van der Waals surface area (Å²) >= 11 is 12.1. The molecule has 0 spiro atoms. The van der Waals surface area contributed by atoms with Crippen molar-refractivity contribution in [3.05, 3.63) is 33.8 Å². The Labute approximate surface area is 159 Å². The predicted molar refractivity (Wildman–Crippen MR) is 101 cm³/mol. The highest BCUT2D eigenvalue weighted by molar-refractivity contribution is 6.35. The first-order valence-corrected chi connectivity index (χ1v) is 9.98. The molecule has 6 heteroatoms. The van der Waals surface area contributed by atoms with E-state index in [4.69, 9.17) is 27.9 Å². The van der Waals surface area contributed by atoms with Crippen LogP contribution in [0.2, 0.25) is 10.0 Å². The van der Waals surface area contributed by atoms with Gasteiger partial charge in [0.25, 0.3) is 0 Å². The lowest BCUT2D eigenvalue weighted by atomic mass is 9.79. The molecular formula is C19H27Cl2N2O2+. The van der Waals surface area contributed by atoms with Crippen LogP contribution in [0.4, 0.5) is 0 Å². The van der Waals surface area contributed by atoms with Gasteiger partial charge in [-0.05, 0) is 30.5 Å². The summed E-state index contributed by atoms with van der Waals surface area (Å²) in [6.07, 6.45) is 6.48. The number of carbonyl (C=O) groups excluding carboxylic acids is 1. The number of hydrogen-bond acceptors (Lipinski definition) is 2. The molecule has 0 atom stereocenters. The fraction of sp³-hybridized carbons (Fsp3) is 0.632. The Morgan fingerprint density at radius 3 is 2.56 bits per heavy atom. The van der Waals surface area contributed by atoms with Crippen LogP contribution < -0.4 is 10.2 Å². The van der Waals surface area contributed by atoms with E-state index in [1.54, 1.807) is 17.0 Å². The van der Waals surface area contributed by atoms with Crippen LogP contribution in [-0.2, 0) is 16.0 Å². The van der Waals surface area contributed by atoms with E-state index in [1.165, 1.54) is 32.1 Å². The summed E-state index contributed by atoms with van der Waals surface area (Å²) in [4.78, 5) is 14.1. The van der Waals surface area contributed by atoms with Gasteiger partial charge in [0.2, 0.25) is 5.91 Å². The first kappa shape index (κ1) is 19.0. The van der Waals surface area contributed by atoms with E-state index in [1.807, 2.05) is 6.07 Å². The topological polar surface area (TPSA) is 42.8 Å². The van der Waals surface area contributed by atoms with Crippen LogP contribution in [0.5, 0.6) is 0 Å². The highest BCUT2D eigenvalue weighted by Gasteiger charge is 2.42. The van der Waals surface area contributed by atoms with Crippen LogP contribution in [0.25, 0.3) is 0 Å². The van der Waals surface area contributed by atoms with Crippen molar-refractivity contribution in [2.24, 2.45) is 0 Å². The van der Waals surface area contributed by atoms with Gasteiger partial charge in [0.1, 0.15) is 18.6 Å². The third-order valence-electron chi connectivity index (χ3n) is 5.65. The molecule has 0 aromatic heterocycles. The number of amides is 1. The maximum absolute atomic E-state index is 12.5. The Bertz CT molecular complexity index is 597. The molecule has 1 aliphatic heterocycles. The molecule has 0 bridgehead atoms. The Balaban J connectivity index is 1.61. The second-order valence-electron chi connectivity index (χ2n) is 7.25. The fourth-order valence-electron chi connectivity index (χ4n) is 4.20. The minimum absolute atomic E-state index is 0.0295. The summed E-state index contributed by atoms with van der Waals surface area (Å²) in [6.45, 7) is 4.47. The smallest absolute Gasteiger partial charge is 0.224 e. The molecule has 25 heavy (non-hydrogen) atoms. The molecule has 2 N–H and O–H groups in total. The monoisotopic (exact) mass is 385 g/mol. The maximum atomic E-state index is 12.5. The molecule has 3 rings (SSSR count). The zero-order chi connectivity index (χ0) is 17.7. The fourth-order valence-corrected chi connectivity index (χ4v) is 4.68. The molecule has 0 radical (unpaired) electrons. The van der Waals surface area contributed by atoms with Crippen molar-refractivity contribution in [3.8, 4) is 0 Å². The molecule has 2 aliphatic rings. The van der Waals surface area contributed by atoms with E-state index < -0.39 is 0 Å². The first-order valence-electron chi connectivity index (χ1n) is 9.23. The van der Waals surface area contributed by atoms with Gasteiger partial charge in [-0.1, -0.05) is 35.7 Å². The van der Waals surface area contributed by atoms with Crippen molar-refractivity contribution >= 4 is 29.1 Å². The van der Waals surface area contributed by atoms with Gasteiger partial charge in [-0.15, -0.1) is 0 Å². The molecule has 1 aliphatic carbocycles. The molecule has 4 nitrogen and oxygen atoms in total. The molecule has 1 saturated carbocycles. The summed E-state index contributed by atoms with van der Waals surface area (Å²) in [7, 11) is 0. The van der Waals surface area contributed by atoms with E-state index >= 15 is 0 Å². The predicted octanol–water partition coefficient (Wildman–Crippen LogP) is 2.27. The normalized spacial score (nSPS) is 21.0. The molecule has 0 unspecified atom stereocenters. The third-order valence-corrected chi connectivity index (χ3v) is 6.23. The largest absolute Gasteiger partial charge is 0.370 e. The summed E-state index contributed by atoms with van der Waals surface area (Å²) in [5.74, 6) is 0.0295. The van der Waals surface area contributed by atoms with Crippen LogP contribution in [0.1, 0.15) is 37.7 Å². The number of nitrogens with one attached hydrogen (secondary N) is 2. The average Bonchev–Trinajstić information content (AvgIpc) is 2.64. The van der Waals surface area contributed by atoms with Crippen LogP contribution >= 0.6 is 23.2 Å². The second-order valence-corrected chi connectivity index (χ2v) is 8.09. The Hall–Kier alpha value is -0.810. The lowest BCUT2D eigenvalue weighted by Gasteiger charge is -2.45. The number of morpholine rings is 1. The molecule has 2 fully saturated rings. The zero-order valence-corrected chi connectivity index (χ0v) is 16.1. The number of quaternary nitrogens is 1. The number of halogens is 2.